The van der Waals surface area contributed by atoms with Crippen LogP contribution in [-0.2, 0) is 0 Å². The van der Waals surface area contributed by atoms with Gasteiger partial charge in [-0.25, -0.2) is 4.98 Å². The molecule has 2 aromatic heterocycles. The van der Waals surface area contributed by atoms with Gasteiger partial charge in [0.1, 0.15) is 5.52 Å². The predicted octanol–water partition coefficient (Wildman–Crippen LogP) is 3.04. The molecular formula is C18H17N5O3. The molecule has 3 aromatic rings. The van der Waals surface area contributed by atoms with Crippen LogP contribution < -0.4 is 14.8 Å². The number of ether oxygens (including phenoxy) is 2. The van der Waals surface area contributed by atoms with E-state index in [0.717, 1.165) is 31.4 Å². The van der Waals surface area contributed by atoms with E-state index in [1.807, 2.05) is 12.1 Å². The van der Waals surface area contributed by atoms with Crippen LogP contribution in [0.4, 0.5) is 5.69 Å². The van der Waals surface area contributed by atoms with E-state index < -0.39 is 5.79 Å². The third kappa shape index (κ3) is 2.54. The van der Waals surface area contributed by atoms with Gasteiger partial charge in [-0.3, -0.25) is 4.79 Å². The van der Waals surface area contributed by atoms with Crippen LogP contribution in [0.2, 0.25) is 0 Å². The van der Waals surface area contributed by atoms with Gasteiger partial charge in [-0.15, -0.1) is 5.10 Å². The quantitative estimate of drug-likeness (QED) is 0.736. The zero-order valence-electron chi connectivity index (χ0n) is 14.0. The second kappa shape index (κ2) is 5.69. The van der Waals surface area contributed by atoms with Crippen LogP contribution in [0, 0.1) is 0 Å². The van der Waals surface area contributed by atoms with Gasteiger partial charge in [0.2, 0.25) is 5.65 Å². The molecular weight excluding hydrogens is 334 g/mol. The first-order valence-electron chi connectivity index (χ1n) is 8.71. The highest BCUT2D eigenvalue weighted by atomic mass is 16.7. The molecule has 1 saturated carbocycles. The molecule has 1 aliphatic heterocycles. The number of hydrogen-bond donors (Lipinski definition) is 2. The topological polar surface area (TPSA) is 102 Å². The number of benzene rings is 1. The van der Waals surface area contributed by atoms with Gasteiger partial charge in [0.15, 0.2) is 11.5 Å². The Bertz CT molecular complexity index is 993. The largest absolute Gasteiger partial charge is 0.448 e. The van der Waals surface area contributed by atoms with Crippen molar-refractivity contribution in [1.82, 2.24) is 20.4 Å². The highest BCUT2D eigenvalue weighted by Crippen LogP contribution is 2.46. The lowest BCUT2D eigenvalue weighted by Crippen LogP contribution is -2.40. The van der Waals surface area contributed by atoms with Gasteiger partial charge in [-0.2, -0.15) is 10.3 Å². The summed E-state index contributed by atoms with van der Waals surface area (Å²) in [7, 11) is 0. The first kappa shape index (κ1) is 15.1. The Hall–Kier alpha value is -3.16. The molecule has 1 aromatic carbocycles. The molecule has 8 heteroatoms. The normalized spacial score (nSPS) is 17.5. The van der Waals surface area contributed by atoms with Crippen LogP contribution in [0.5, 0.6) is 11.5 Å². The molecule has 3 heterocycles. The summed E-state index contributed by atoms with van der Waals surface area (Å²) in [5.41, 5.74) is 2.07. The summed E-state index contributed by atoms with van der Waals surface area (Å²) in [5.74, 6) is 0.615. The third-order valence-electron chi connectivity index (χ3n) is 4.84. The molecule has 1 spiro atoms. The zero-order chi connectivity index (χ0) is 17.6. The molecule has 1 amide bonds. The Labute approximate surface area is 148 Å². The highest BCUT2D eigenvalue weighted by molar-refractivity contribution is 6.05. The molecule has 1 aliphatic carbocycles. The van der Waals surface area contributed by atoms with Crippen LogP contribution in [0.15, 0.2) is 30.5 Å². The first-order chi connectivity index (χ1) is 12.7. The molecule has 5 rings (SSSR count). The Morgan fingerprint density at radius 3 is 2.81 bits per heavy atom. The van der Waals surface area contributed by atoms with Gasteiger partial charge in [-0.05, 0) is 31.0 Å². The zero-order valence-corrected chi connectivity index (χ0v) is 14.0. The van der Waals surface area contributed by atoms with Gasteiger partial charge in [-0.1, -0.05) is 6.42 Å². The molecule has 1 fully saturated rings. The number of aromatic nitrogens is 4. The lowest BCUT2D eigenvalue weighted by atomic mass is 9.94. The van der Waals surface area contributed by atoms with E-state index in [-0.39, 0.29) is 5.91 Å². The maximum atomic E-state index is 12.5. The molecule has 2 aliphatic rings. The summed E-state index contributed by atoms with van der Waals surface area (Å²) in [5, 5.41) is 13.2. The number of H-pyrrole nitrogens is 1. The minimum absolute atomic E-state index is 0.270. The van der Waals surface area contributed by atoms with Gasteiger partial charge in [0.05, 0.1) is 5.56 Å². The Kier molecular flexibility index (Phi) is 3.31. The van der Waals surface area contributed by atoms with Gasteiger partial charge in [0.25, 0.3) is 11.7 Å². The second-order valence-electron chi connectivity index (χ2n) is 6.68. The van der Waals surface area contributed by atoms with E-state index >= 15 is 0 Å². The average molecular weight is 351 g/mol. The average Bonchev–Trinajstić information content (AvgIpc) is 3.25. The summed E-state index contributed by atoms with van der Waals surface area (Å²) >= 11 is 0. The summed E-state index contributed by atoms with van der Waals surface area (Å²) in [6.45, 7) is 0. The van der Waals surface area contributed by atoms with Crippen molar-refractivity contribution in [3.63, 3.8) is 0 Å². The standard InChI is InChI=1S/C18H17N5O3/c24-17(11-8-13-16(19-10-11)22-23-21-13)20-12-4-5-14-15(9-12)26-18(25-14)6-2-1-3-7-18/h4-5,8-10H,1-3,6-7H2,(H,20,24)(H,19,21,22,23). The molecule has 0 unspecified atom stereocenters. The van der Waals surface area contributed by atoms with Crippen molar-refractivity contribution < 1.29 is 14.3 Å². The Morgan fingerprint density at radius 2 is 1.92 bits per heavy atom. The second-order valence-corrected chi connectivity index (χ2v) is 6.68. The lowest BCUT2D eigenvalue weighted by Gasteiger charge is -2.31. The molecule has 0 bridgehead atoms. The van der Waals surface area contributed by atoms with Gasteiger partial charge >= 0.3 is 0 Å². The van der Waals surface area contributed by atoms with E-state index in [1.165, 1.54) is 12.6 Å². The van der Waals surface area contributed by atoms with Crippen LogP contribution in [0.25, 0.3) is 11.2 Å². The Balaban J connectivity index is 1.35. The number of rotatable bonds is 2. The van der Waals surface area contributed by atoms with E-state index in [4.69, 9.17) is 9.47 Å². The first-order valence-corrected chi connectivity index (χ1v) is 8.71. The SMILES string of the molecule is O=C(Nc1ccc2c(c1)OC1(CCCCC1)O2)c1cnc2n[nH]nc2c1. The van der Waals surface area contributed by atoms with Crippen molar-refractivity contribution in [2.24, 2.45) is 0 Å². The lowest BCUT2D eigenvalue weighted by molar-refractivity contribution is -0.105. The highest BCUT2D eigenvalue weighted by Gasteiger charge is 2.42. The minimum Gasteiger partial charge on any atom is -0.448 e. The number of nitrogens with zero attached hydrogens (tertiary/aromatic N) is 3. The number of carbonyl (C=O) groups is 1. The number of carbonyl (C=O) groups excluding carboxylic acids is 1. The summed E-state index contributed by atoms with van der Waals surface area (Å²) in [6, 6.07) is 7.10. The van der Waals surface area contributed by atoms with Gasteiger partial charge in [0, 0.05) is 30.8 Å². The van der Waals surface area contributed by atoms with Crippen molar-refractivity contribution >= 4 is 22.8 Å². The van der Waals surface area contributed by atoms with Crippen LogP contribution in [0.1, 0.15) is 42.5 Å². The number of pyridine rings is 1. The maximum Gasteiger partial charge on any atom is 0.257 e. The molecule has 26 heavy (non-hydrogen) atoms. The number of nitrogens with one attached hydrogen (secondary N) is 2. The number of fused-ring (bicyclic) bond motifs is 2. The number of anilines is 1. The fourth-order valence-corrected chi connectivity index (χ4v) is 3.53. The number of aromatic amines is 1. The smallest absolute Gasteiger partial charge is 0.257 e. The van der Waals surface area contributed by atoms with E-state index in [0.29, 0.717) is 28.2 Å². The number of hydrogen-bond acceptors (Lipinski definition) is 6. The van der Waals surface area contributed by atoms with Crippen molar-refractivity contribution in [3.05, 3.63) is 36.0 Å². The van der Waals surface area contributed by atoms with E-state index in [9.17, 15) is 4.79 Å². The molecule has 8 nitrogen and oxygen atoms in total. The summed E-state index contributed by atoms with van der Waals surface area (Å²) < 4.78 is 12.2. The molecule has 0 atom stereocenters. The van der Waals surface area contributed by atoms with Crippen LogP contribution in [-0.4, -0.2) is 32.1 Å². The maximum absolute atomic E-state index is 12.5. The fourth-order valence-electron chi connectivity index (χ4n) is 3.53. The third-order valence-corrected chi connectivity index (χ3v) is 4.84. The number of amides is 1. The Morgan fingerprint density at radius 1 is 1.08 bits per heavy atom. The summed E-state index contributed by atoms with van der Waals surface area (Å²) in [4.78, 5) is 16.6. The van der Waals surface area contributed by atoms with Crippen molar-refractivity contribution in [2.75, 3.05) is 5.32 Å². The molecule has 0 saturated heterocycles. The molecule has 132 valence electrons. The predicted molar refractivity (Wildman–Crippen MR) is 93.2 cm³/mol. The van der Waals surface area contributed by atoms with E-state index in [1.54, 1.807) is 12.1 Å². The van der Waals surface area contributed by atoms with Crippen molar-refractivity contribution in [3.8, 4) is 11.5 Å². The van der Waals surface area contributed by atoms with E-state index in [2.05, 4.69) is 25.7 Å². The monoisotopic (exact) mass is 351 g/mol. The van der Waals surface area contributed by atoms with Crippen molar-refractivity contribution in [2.45, 2.75) is 37.9 Å². The molecule has 2 N–H and O–H groups in total. The van der Waals surface area contributed by atoms with Gasteiger partial charge < -0.3 is 14.8 Å². The minimum atomic E-state index is -0.523. The van der Waals surface area contributed by atoms with Crippen LogP contribution in [0.3, 0.4) is 0 Å². The fraction of sp³-hybridized carbons (Fsp3) is 0.333. The van der Waals surface area contributed by atoms with Crippen molar-refractivity contribution in [1.29, 1.82) is 0 Å². The van der Waals surface area contributed by atoms with Crippen LogP contribution >= 0.6 is 0 Å². The summed E-state index contributed by atoms with van der Waals surface area (Å²) in [6.07, 6.45) is 6.70. The molecule has 0 radical (unpaired) electrons.